The summed E-state index contributed by atoms with van der Waals surface area (Å²) in [6.45, 7) is 0. The van der Waals surface area contributed by atoms with Crippen LogP contribution in [0.5, 0.6) is 0 Å². The van der Waals surface area contributed by atoms with E-state index in [-0.39, 0.29) is 0 Å². The summed E-state index contributed by atoms with van der Waals surface area (Å²) in [5.74, 6) is 0. The second-order valence-electron chi connectivity index (χ2n) is 5.24. The zero-order valence-electron chi connectivity index (χ0n) is 11.6. The van der Waals surface area contributed by atoms with Crippen molar-refractivity contribution in [2.45, 2.75) is 0 Å². The lowest BCUT2D eigenvalue weighted by Crippen LogP contribution is -1.90. The molecule has 0 bridgehead atoms. The van der Waals surface area contributed by atoms with Crippen molar-refractivity contribution in [1.82, 2.24) is 4.98 Å². The van der Waals surface area contributed by atoms with Gasteiger partial charge in [0.25, 0.3) is 0 Å². The smallest absolute Gasteiger partial charge is 0.152 e. The van der Waals surface area contributed by atoms with E-state index < -0.39 is 0 Å². The van der Waals surface area contributed by atoms with Gasteiger partial charge >= 0.3 is 0 Å². The lowest BCUT2D eigenvalue weighted by Gasteiger charge is -2.07. The summed E-state index contributed by atoms with van der Waals surface area (Å²) < 4.78 is 1.18. The highest BCUT2D eigenvalue weighted by Crippen LogP contribution is 2.33. The lowest BCUT2D eigenvalue weighted by atomic mass is 9.97. The SMILES string of the molecule is O=Cc1c(-c2ccc(I)cc2)ccc2c1[nH]c1ccccc12. The molecule has 1 N–H and O–H groups in total. The van der Waals surface area contributed by atoms with Crippen molar-refractivity contribution in [2.24, 2.45) is 0 Å². The van der Waals surface area contributed by atoms with Crippen molar-refractivity contribution in [3.8, 4) is 11.1 Å². The van der Waals surface area contributed by atoms with Gasteiger partial charge in [-0.3, -0.25) is 4.79 Å². The second kappa shape index (κ2) is 5.25. The molecule has 0 atom stereocenters. The molecule has 0 saturated carbocycles. The van der Waals surface area contributed by atoms with Gasteiger partial charge in [-0.05, 0) is 51.9 Å². The predicted octanol–water partition coefficient (Wildman–Crippen LogP) is 5.41. The number of para-hydroxylation sites is 1. The molecule has 4 rings (SSSR count). The van der Waals surface area contributed by atoms with Crippen molar-refractivity contribution in [3.05, 3.63) is 69.8 Å². The zero-order chi connectivity index (χ0) is 15.1. The number of hydrogen-bond acceptors (Lipinski definition) is 1. The van der Waals surface area contributed by atoms with E-state index in [4.69, 9.17) is 0 Å². The maximum atomic E-state index is 11.7. The molecule has 106 valence electrons. The minimum absolute atomic E-state index is 0.718. The molecule has 0 amide bonds. The van der Waals surface area contributed by atoms with Gasteiger partial charge in [-0.15, -0.1) is 0 Å². The Labute approximate surface area is 141 Å². The van der Waals surface area contributed by atoms with Gasteiger partial charge in [0.15, 0.2) is 6.29 Å². The van der Waals surface area contributed by atoms with Gasteiger partial charge in [-0.25, -0.2) is 0 Å². The van der Waals surface area contributed by atoms with Crippen LogP contribution in [0.25, 0.3) is 32.9 Å². The Morgan fingerprint density at radius 2 is 1.64 bits per heavy atom. The molecule has 4 aromatic rings. The number of rotatable bonds is 2. The quantitative estimate of drug-likeness (QED) is 0.356. The molecule has 3 heteroatoms. The Morgan fingerprint density at radius 3 is 2.41 bits per heavy atom. The van der Waals surface area contributed by atoms with Crippen LogP contribution in [0.1, 0.15) is 10.4 Å². The number of nitrogens with one attached hydrogen (secondary N) is 1. The summed E-state index contributed by atoms with van der Waals surface area (Å²) in [6.07, 6.45) is 0.949. The van der Waals surface area contributed by atoms with Gasteiger partial charge in [0.1, 0.15) is 0 Å². The largest absolute Gasteiger partial charge is 0.354 e. The number of H-pyrrole nitrogens is 1. The lowest BCUT2D eigenvalue weighted by molar-refractivity contribution is 0.112. The first-order valence-electron chi connectivity index (χ1n) is 7.02. The average Bonchev–Trinajstić information content (AvgIpc) is 2.93. The van der Waals surface area contributed by atoms with Crippen LogP contribution in [0.2, 0.25) is 0 Å². The molecule has 1 heterocycles. The van der Waals surface area contributed by atoms with Gasteiger partial charge in [-0.2, -0.15) is 0 Å². The monoisotopic (exact) mass is 397 g/mol. The number of carbonyl (C=O) groups is 1. The van der Waals surface area contributed by atoms with E-state index in [1.165, 1.54) is 3.57 Å². The standard InChI is InChI=1S/C19H12INO/c20-13-7-5-12(6-8-13)14-9-10-16-15-3-1-2-4-18(15)21-19(16)17(14)11-22/h1-11,21H. The molecule has 0 aliphatic rings. The van der Waals surface area contributed by atoms with Crippen LogP contribution in [0.4, 0.5) is 0 Å². The van der Waals surface area contributed by atoms with Crippen LogP contribution in [0.3, 0.4) is 0 Å². The molecule has 1 aromatic heterocycles. The Hall–Kier alpha value is -2.14. The first-order valence-corrected chi connectivity index (χ1v) is 8.10. The highest BCUT2D eigenvalue weighted by Gasteiger charge is 2.12. The molecule has 0 saturated heterocycles. The highest BCUT2D eigenvalue weighted by molar-refractivity contribution is 14.1. The third kappa shape index (κ3) is 2.04. The van der Waals surface area contributed by atoms with Crippen molar-refractivity contribution < 1.29 is 4.79 Å². The van der Waals surface area contributed by atoms with E-state index in [2.05, 4.69) is 64.0 Å². The van der Waals surface area contributed by atoms with Crippen molar-refractivity contribution in [3.63, 3.8) is 0 Å². The summed E-state index contributed by atoms with van der Waals surface area (Å²) in [6, 6.07) is 20.5. The van der Waals surface area contributed by atoms with E-state index in [0.717, 1.165) is 44.8 Å². The normalized spacial score (nSPS) is 11.1. The number of carbonyl (C=O) groups excluding carboxylic acids is 1. The van der Waals surface area contributed by atoms with E-state index in [9.17, 15) is 4.79 Å². The Bertz CT molecular complexity index is 999. The summed E-state index contributed by atoms with van der Waals surface area (Å²) in [5.41, 5.74) is 4.70. The third-order valence-electron chi connectivity index (χ3n) is 4.00. The summed E-state index contributed by atoms with van der Waals surface area (Å²) >= 11 is 2.28. The average molecular weight is 397 g/mol. The fraction of sp³-hybridized carbons (Fsp3) is 0. The fourth-order valence-electron chi connectivity index (χ4n) is 2.94. The number of hydrogen-bond donors (Lipinski definition) is 1. The molecular weight excluding hydrogens is 385 g/mol. The number of aromatic amines is 1. The van der Waals surface area contributed by atoms with Crippen LogP contribution in [-0.2, 0) is 0 Å². The van der Waals surface area contributed by atoms with E-state index in [0.29, 0.717) is 0 Å². The first kappa shape index (κ1) is 13.5. The molecule has 3 aromatic carbocycles. The van der Waals surface area contributed by atoms with Gasteiger partial charge in [0, 0.05) is 25.4 Å². The van der Waals surface area contributed by atoms with Gasteiger partial charge in [-0.1, -0.05) is 42.5 Å². The van der Waals surface area contributed by atoms with E-state index in [1.54, 1.807) is 0 Å². The van der Waals surface area contributed by atoms with Crippen LogP contribution in [-0.4, -0.2) is 11.3 Å². The van der Waals surface area contributed by atoms with Gasteiger partial charge in [0.05, 0.1) is 5.52 Å². The molecule has 0 spiro atoms. The topological polar surface area (TPSA) is 32.9 Å². The number of benzene rings is 3. The van der Waals surface area contributed by atoms with Gasteiger partial charge < -0.3 is 4.98 Å². The zero-order valence-corrected chi connectivity index (χ0v) is 13.8. The molecule has 2 nitrogen and oxygen atoms in total. The molecule has 0 fully saturated rings. The minimum atomic E-state index is 0.718. The molecule has 0 aliphatic carbocycles. The van der Waals surface area contributed by atoms with E-state index in [1.807, 2.05) is 24.3 Å². The molecule has 0 aliphatic heterocycles. The summed E-state index contributed by atoms with van der Waals surface area (Å²) in [7, 11) is 0. The third-order valence-corrected chi connectivity index (χ3v) is 4.71. The summed E-state index contributed by atoms with van der Waals surface area (Å²) in [5, 5.41) is 2.24. The van der Waals surface area contributed by atoms with Crippen LogP contribution in [0, 0.1) is 3.57 Å². The first-order chi connectivity index (χ1) is 10.8. The molecule has 0 unspecified atom stereocenters. The number of halogens is 1. The Kier molecular flexibility index (Phi) is 3.22. The minimum Gasteiger partial charge on any atom is -0.354 e. The maximum absolute atomic E-state index is 11.7. The van der Waals surface area contributed by atoms with Gasteiger partial charge in [0.2, 0.25) is 0 Å². The van der Waals surface area contributed by atoms with E-state index >= 15 is 0 Å². The van der Waals surface area contributed by atoms with Crippen LogP contribution < -0.4 is 0 Å². The van der Waals surface area contributed by atoms with Crippen molar-refractivity contribution >= 4 is 50.7 Å². The number of aldehydes is 1. The maximum Gasteiger partial charge on any atom is 0.152 e. The summed E-state index contributed by atoms with van der Waals surface area (Å²) in [4.78, 5) is 15.1. The van der Waals surface area contributed by atoms with Crippen molar-refractivity contribution in [1.29, 1.82) is 0 Å². The highest BCUT2D eigenvalue weighted by atomic mass is 127. The second-order valence-corrected chi connectivity index (χ2v) is 6.49. The Balaban J connectivity index is 2.06. The number of aromatic nitrogens is 1. The molecule has 22 heavy (non-hydrogen) atoms. The molecular formula is C19H12INO. The van der Waals surface area contributed by atoms with Crippen LogP contribution >= 0.6 is 22.6 Å². The predicted molar refractivity (Wildman–Crippen MR) is 99.3 cm³/mol. The molecule has 0 radical (unpaired) electrons. The van der Waals surface area contributed by atoms with Crippen molar-refractivity contribution in [2.75, 3.05) is 0 Å². The van der Waals surface area contributed by atoms with Crippen LogP contribution in [0.15, 0.2) is 60.7 Å². The number of fused-ring (bicyclic) bond motifs is 3. The Morgan fingerprint density at radius 1 is 0.864 bits per heavy atom. The fourth-order valence-corrected chi connectivity index (χ4v) is 3.30.